The first-order chi connectivity index (χ1) is 10.4. The first-order valence-electron chi connectivity index (χ1n) is 6.60. The molecule has 1 aliphatic heterocycles. The maximum Gasteiger partial charge on any atom is 0.317 e. The summed E-state index contributed by atoms with van der Waals surface area (Å²) in [6, 6.07) is 2.84. The number of hydrogen-bond donors (Lipinski definition) is 0. The van der Waals surface area contributed by atoms with E-state index in [1.165, 1.54) is 6.07 Å². The summed E-state index contributed by atoms with van der Waals surface area (Å²) in [6.45, 7) is 7.68. The fourth-order valence-electron chi connectivity index (χ4n) is 2.46. The highest BCUT2D eigenvalue weighted by Gasteiger charge is 2.26. The standard InChI is InChI=1S/C15H12ClF2N4/c1-7(2)22-8(3)20-14-10(17)4-9(5-12(14)22)13-11(18)6-19-15(16)21-13/h4-7H,3H2,1-2H3/q+1. The van der Waals surface area contributed by atoms with Crippen molar-refractivity contribution in [2.24, 2.45) is 4.99 Å². The van der Waals surface area contributed by atoms with Crippen molar-refractivity contribution in [2.75, 3.05) is 0 Å². The topological polar surface area (TPSA) is 41.1 Å². The van der Waals surface area contributed by atoms with Crippen molar-refractivity contribution in [1.29, 1.82) is 0 Å². The van der Waals surface area contributed by atoms with Crippen LogP contribution >= 0.6 is 11.6 Å². The first-order valence-corrected chi connectivity index (χ1v) is 6.98. The molecule has 22 heavy (non-hydrogen) atoms. The maximum absolute atomic E-state index is 14.3. The van der Waals surface area contributed by atoms with Gasteiger partial charge < -0.3 is 0 Å². The van der Waals surface area contributed by atoms with E-state index in [1.807, 2.05) is 13.8 Å². The number of fused-ring (bicyclic) bond motifs is 1. The van der Waals surface area contributed by atoms with Gasteiger partial charge in [-0.25, -0.2) is 23.3 Å². The van der Waals surface area contributed by atoms with Crippen LogP contribution in [0.5, 0.6) is 0 Å². The minimum Gasteiger partial charge on any atom is -0.223 e. The van der Waals surface area contributed by atoms with Gasteiger partial charge in [-0.1, -0.05) is 0 Å². The quantitative estimate of drug-likeness (QED) is 0.628. The van der Waals surface area contributed by atoms with Gasteiger partial charge in [-0.05, 0) is 49.2 Å². The summed E-state index contributed by atoms with van der Waals surface area (Å²) in [5.41, 5.74) is 0.219. The molecule has 1 aliphatic rings. The third-order valence-corrected chi connectivity index (χ3v) is 3.51. The van der Waals surface area contributed by atoms with Gasteiger partial charge in [-0.2, -0.15) is 0 Å². The summed E-state index contributed by atoms with van der Waals surface area (Å²) < 4.78 is 30.0. The second-order valence-electron chi connectivity index (χ2n) is 5.15. The Balaban J connectivity index is 2.36. The second kappa shape index (κ2) is 5.21. The van der Waals surface area contributed by atoms with Crippen LogP contribution in [0, 0.1) is 11.6 Å². The van der Waals surface area contributed by atoms with E-state index in [-0.39, 0.29) is 27.9 Å². The molecule has 0 spiro atoms. The minimum atomic E-state index is -0.673. The predicted molar refractivity (Wildman–Crippen MR) is 78.7 cm³/mol. The van der Waals surface area contributed by atoms with Crippen LogP contribution in [0.25, 0.3) is 11.3 Å². The zero-order chi connectivity index (χ0) is 16.0. The highest BCUT2D eigenvalue weighted by Crippen LogP contribution is 2.20. The molecule has 112 valence electrons. The Morgan fingerprint density at radius 1 is 1.23 bits per heavy atom. The molecular weight excluding hydrogens is 310 g/mol. The lowest BCUT2D eigenvalue weighted by molar-refractivity contribution is 0.571. The van der Waals surface area contributed by atoms with Crippen LogP contribution in [0.4, 0.5) is 8.78 Å². The average molecular weight is 322 g/mol. The number of halogens is 3. The van der Waals surface area contributed by atoms with Gasteiger partial charge in [-0.15, -0.1) is 0 Å². The molecule has 3 rings (SSSR count). The lowest BCUT2D eigenvalue weighted by Crippen LogP contribution is -2.38. The molecule has 0 fully saturated rings. The fourth-order valence-corrected chi connectivity index (χ4v) is 2.60. The molecule has 0 amide bonds. The van der Waals surface area contributed by atoms with Crippen LogP contribution in [0.3, 0.4) is 0 Å². The molecular formula is C15H12ClF2N4+. The maximum atomic E-state index is 14.3. The minimum absolute atomic E-state index is 0.0333. The van der Waals surface area contributed by atoms with Crippen molar-refractivity contribution in [3.05, 3.63) is 58.4 Å². The molecule has 0 saturated carbocycles. The zero-order valence-electron chi connectivity index (χ0n) is 11.9. The summed E-state index contributed by atoms with van der Waals surface area (Å²) >= 11 is 5.70. The van der Waals surface area contributed by atoms with E-state index in [2.05, 4.69) is 21.5 Å². The van der Waals surface area contributed by atoms with Gasteiger partial charge in [0.25, 0.3) is 5.36 Å². The summed E-state index contributed by atoms with van der Waals surface area (Å²) in [4.78, 5) is 11.5. The molecule has 1 aromatic heterocycles. The van der Waals surface area contributed by atoms with Gasteiger partial charge >= 0.3 is 5.82 Å². The molecule has 7 heteroatoms. The van der Waals surface area contributed by atoms with Crippen molar-refractivity contribution < 1.29 is 8.78 Å². The Bertz CT molecular complexity index is 922. The van der Waals surface area contributed by atoms with E-state index < -0.39 is 11.6 Å². The molecule has 0 aliphatic carbocycles. The van der Waals surface area contributed by atoms with Crippen LogP contribution in [0.1, 0.15) is 13.8 Å². The lowest BCUT2D eigenvalue weighted by Gasteiger charge is -2.05. The van der Waals surface area contributed by atoms with Crippen molar-refractivity contribution in [3.63, 3.8) is 0 Å². The highest BCUT2D eigenvalue weighted by molar-refractivity contribution is 6.28. The third-order valence-electron chi connectivity index (χ3n) is 3.33. The van der Waals surface area contributed by atoms with Gasteiger partial charge in [0, 0.05) is 5.56 Å². The van der Waals surface area contributed by atoms with Crippen molar-refractivity contribution in [2.45, 2.75) is 19.9 Å². The molecule has 0 radical (unpaired) electrons. The summed E-state index contributed by atoms with van der Waals surface area (Å²) in [5.74, 6) is -0.790. The molecule has 0 N–H and O–H groups in total. The fraction of sp³-hybridized carbons (Fsp3) is 0.200. The Hall–Kier alpha value is -2.21. The van der Waals surface area contributed by atoms with E-state index in [1.54, 1.807) is 10.6 Å². The van der Waals surface area contributed by atoms with Gasteiger partial charge in [-0.3, -0.25) is 0 Å². The van der Waals surface area contributed by atoms with E-state index in [9.17, 15) is 8.78 Å². The zero-order valence-corrected chi connectivity index (χ0v) is 12.7. The van der Waals surface area contributed by atoms with Crippen molar-refractivity contribution in [3.8, 4) is 11.3 Å². The average Bonchev–Trinajstić information content (AvgIpc) is 2.78. The van der Waals surface area contributed by atoms with E-state index in [4.69, 9.17) is 11.6 Å². The van der Waals surface area contributed by atoms with Gasteiger partial charge in [0.2, 0.25) is 5.28 Å². The van der Waals surface area contributed by atoms with Crippen LogP contribution in [-0.2, 0) is 0 Å². The van der Waals surface area contributed by atoms with Gasteiger partial charge in [0.15, 0.2) is 17.0 Å². The van der Waals surface area contributed by atoms with Crippen molar-refractivity contribution in [1.82, 2.24) is 14.5 Å². The molecule has 2 heterocycles. The number of rotatable bonds is 2. The van der Waals surface area contributed by atoms with E-state index in [0.29, 0.717) is 11.2 Å². The molecule has 1 aromatic carbocycles. The van der Waals surface area contributed by atoms with Gasteiger partial charge in [0.05, 0.1) is 12.2 Å². The third kappa shape index (κ3) is 2.29. The van der Waals surface area contributed by atoms with Crippen LogP contribution in [0.15, 0.2) is 35.7 Å². The molecule has 0 bridgehead atoms. The molecule has 0 atom stereocenters. The SMILES string of the molecule is C=C1N=c2c(F)cc(-c3nc(Cl)ncc3F)cc2=[N+]1C(C)C. The molecule has 4 nitrogen and oxygen atoms in total. The normalized spacial score (nSPS) is 13.5. The first kappa shape index (κ1) is 14.7. The van der Waals surface area contributed by atoms with Crippen LogP contribution < -0.4 is 15.3 Å². The van der Waals surface area contributed by atoms with Gasteiger partial charge in [0.1, 0.15) is 5.69 Å². The monoisotopic (exact) mass is 321 g/mol. The predicted octanol–water partition coefficient (Wildman–Crippen LogP) is 2.08. The summed E-state index contributed by atoms with van der Waals surface area (Å²) in [7, 11) is 0. The highest BCUT2D eigenvalue weighted by atomic mass is 35.5. The van der Waals surface area contributed by atoms with E-state index >= 15 is 0 Å². The smallest absolute Gasteiger partial charge is 0.223 e. The van der Waals surface area contributed by atoms with E-state index in [0.717, 1.165) is 6.20 Å². The molecule has 0 unspecified atom stereocenters. The number of benzene rings is 1. The van der Waals surface area contributed by atoms with Crippen molar-refractivity contribution >= 4 is 11.6 Å². The number of nitrogens with zero attached hydrogens (tertiary/aromatic N) is 4. The Labute approximate surface area is 130 Å². The second-order valence-corrected chi connectivity index (χ2v) is 5.49. The Kier molecular flexibility index (Phi) is 3.48. The van der Waals surface area contributed by atoms with Crippen LogP contribution in [0.2, 0.25) is 5.28 Å². The Morgan fingerprint density at radius 3 is 2.64 bits per heavy atom. The number of hydrogen-bond acceptors (Lipinski definition) is 3. The number of aromatic nitrogens is 2. The molecule has 0 saturated heterocycles. The Morgan fingerprint density at radius 2 is 1.95 bits per heavy atom. The summed E-state index contributed by atoms with van der Waals surface area (Å²) in [5, 5.41) is 0.624. The largest absolute Gasteiger partial charge is 0.317 e. The molecule has 2 aromatic rings. The lowest BCUT2D eigenvalue weighted by atomic mass is 10.1. The summed E-state index contributed by atoms with van der Waals surface area (Å²) in [6.07, 6.45) is 0.958. The van der Waals surface area contributed by atoms with Crippen LogP contribution in [-0.4, -0.2) is 16.0 Å².